The number of hydrogen-bond acceptors (Lipinski definition) is 4. The molecule has 2 aliphatic rings. The number of methoxy groups -OCH3 is 1. The second-order valence-corrected chi connectivity index (χ2v) is 5.76. The Morgan fingerprint density at radius 1 is 1.43 bits per heavy atom. The molecule has 2 fully saturated rings. The van der Waals surface area contributed by atoms with E-state index in [-0.39, 0.29) is 30.6 Å². The van der Waals surface area contributed by atoms with Gasteiger partial charge in [0.2, 0.25) is 0 Å². The van der Waals surface area contributed by atoms with E-state index < -0.39 is 0 Å². The van der Waals surface area contributed by atoms with E-state index in [0.29, 0.717) is 18.1 Å². The van der Waals surface area contributed by atoms with Gasteiger partial charge in [-0.25, -0.2) is 0 Å². The van der Waals surface area contributed by atoms with Crippen LogP contribution in [-0.4, -0.2) is 43.5 Å². The number of nitrogens with one attached hydrogen (secondary N) is 1. The zero-order valence-electron chi connectivity index (χ0n) is 12.1. The van der Waals surface area contributed by atoms with Gasteiger partial charge in [0.15, 0.2) is 0 Å². The van der Waals surface area contributed by atoms with E-state index in [1.807, 2.05) is 0 Å². The molecule has 1 aromatic carbocycles. The molecule has 2 N–H and O–H groups in total. The molecule has 1 aliphatic heterocycles. The van der Waals surface area contributed by atoms with Gasteiger partial charge in [-0.15, -0.1) is 0 Å². The summed E-state index contributed by atoms with van der Waals surface area (Å²) in [5.41, 5.74) is 1.42. The number of benzene rings is 1. The Morgan fingerprint density at radius 3 is 2.86 bits per heavy atom. The highest BCUT2D eigenvalue weighted by Crippen LogP contribution is 2.43. The highest BCUT2D eigenvalue weighted by molar-refractivity contribution is 5.94. The Kier molecular flexibility index (Phi) is 4.24. The van der Waals surface area contributed by atoms with Crippen LogP contribution >= 0.6 is 0 Å². The number of amides is 1. The molecule has 1 amide bonds. The third kappa shape index (κ3) is 2.69. The van der Waals surface area contributed by atoms with Gasteiger partial charge in [0.25, 0.3) is 5.91 Å². The number of hydrogen-bond donors (Lipinski definition) is 2. The summed E-state index contributed by atoms with van der Waals surface area (Å²) < 4.78 is 10.9. The Labute approximate surface area is 124 Å². The average Bonchev–Trinajstić information content (AvgIpc) is 2.94. The number of carbonyl (C=O) groups is 1. The van der Waals surface area contributed by atoms with E-state index in [9.17, 15) is 4.79 Å². The first-order valence-electron chi connectivity index (χ1n) is 7.36. The van der Waals surface area contributed by atoms with Gasteiger partial charge in [0.05, 0.1) is 19.3 Å². The molecule has 0 bridgehead atoms. The molecule has 1 aromatic rings. The second-order valence-electron chi connectivity index (χ2n) is 5.76. The van der Waals surface area contributed by atoms with E-state index >= 15 is 0 Å². The van der Waals surface area contributed by atoms with Crippen molar-refractivity contribution >= 4 is 5.91 Å². The molecular formula is C16H21NO4. The third-order valence-corrected chi connectivity index (χ3v) is 4.58. The number of fused-ring (bicyclic) bond motifs is 1. The molecule has 1 aliphatic carbocycles. The van der Waals surface area contributed by atoms with Gasteiger partial charge < -0.3 is 19.9 Å². The molecule has 1 saturated carbocycles. The number of rotatable bonds is 5. The van der Waals surface area contributed by atoms with Crippen LogP contribution in [0.4, 0.5) is 0 Å². The van der Waals surface area contributed by atoms with Crippen LogP contribution in [0.15, 0.2) is 24.3 Å². The maximum atomic E-state index is 12.3. The lowest BCUT2D eigenvalue weighted by molar-refractivity contribution is -0.0809. The van der Waals surface area contributed by atoms with Crippen LogP contribution in [0.3, 0.4) is 0 Å². The quantitative estimate of drug-likeness (QED) is 0.848. The number of ether oxygens (including phenoxy) is 2. The topological polar surface area (TPSA) is 67.8 Å². The Bertz CT molecular complexity index is 502. The monoisotopic (exact) mass is 291 g/mol. The van der Waals surface area contributed by atoms with Crippen LogP contribution in [0.2, 0.25) is 0 Å². The second kappa shape index (κ2) is 6.13. The summed E-state index contributed by atoms with van der Waals surface area (Å²) in [5.74, 6) is 0.574. The van der Waals surface area contributed by atoms with Gasteiger partial charge in [0.1, 0.15) is 0 Å². The summed E-state index contributed by atoms with van der Waals surface area (Å²) in [6.07, 6.45) is 1.23. The number of aliphatic hydroxyl groups is 1. The molecule has 0 radical (unpaired) electrons. The molecule has 5 nitrogen and oxygen atoms in total. The molecule has 1 heterocycles. The predicted octanol–water partition coefficient (Wildman–Crippen LogP) is 0.959. The zero-order chi connectivity index (χ0) is 14.8. The lowest BCUT2D eigenvalue weighted by Gasteiger charge is -2.47. The molecule has 0 aromatic heterocycles. The fourth-order valence-electron chi connectivity index (χ4n) is 3.43. The molecule has 0 unspecified atom stereocenters. The normalized spacial score (nSPS) is 30.6. The highest BCUT2D eigenvalue weighted by atomic mass is 16.5. The van der Waals surface area contributed by atoms with Crippen LogP contribution in [0.25, 0.3) is 0 Å². The molecule has 0 spiro atoms. The van der Waals surface area contributed by atoms with Crippen molar-refractivity contribution in [1.29, 1.82) is 0 Å². The third-order valence-electron chi connectivity index (χ3n) is 4.58. The van der Waals surface area contributed by atoms with Crippen molar-refractivity contribution in [3.8, 4) is 0 Å². The summed E-state index contributed by atoms with van der Waals surface area (Å²) in [5, 5.41) is 12.1. The van der Waals surface area contributed by atoms with Gasteiger partial charge in [-0.1, -0.05) is 12.1 Å². The SMILES string of the molecule is COC[C@@H]1[C@H](NC(=O)c2ccc(CO)cc2)[C@@H]2CCO[C@H]12. The van der Waals surface area contributed by atoms with Crippen LogP contribution in [0.1, 0.15) is 22.3 Å². The summed E-state index contributed by atoms with van der Waals surface area (Å²) in [6, 6.07) is 7.15. The van der Waals surface area contributed by atoms with E-state index in [2.05, 4.69) is 5.32 Å². The minimum absolute atomic E-state index is 0.0124. The smallest absolute Gasteiger partial charge is 0.251 e. The van der Waals surface area contributed by atoms with Crippen molar-refractivity contribution < 1.29 is 19.4 Å². The van der Waals surface area contributed by atoms with Crippen LogP contribution in [0.5, 0.6) is 0 Å². The Hall–Kier alpha value is -1.43. The van der Waals surface area contributed by atoms with Crippen molar-refractivity contribution in [3.05, 3.63) is 35.4 Å². The zero-order valence-corrected chi connectivity index (χ0v) is 12.1. The number of aliphatic hydroxyl groups excluding tert-OH is 1. The van der Waals surface area contributed by atoms with E-state index in [1.165, 1.54) is 0 Å². The fraction of sp³-hybridized carbons (Fsp3) is 0.562. The first-order valence-corrected chi connectivity index (χ1v) is 7.36. The standard InChI is InChI=1S/C16H21NO4/c1-20-9-13-14(12-6-7-21-15(12)13)17-16(19)11-4-2-10(8-18)3-5-11/h2-5,12-15,18H,6-9H2,1H3,(H,17,19)/t12-,13+,14+,15-/m0/s1. The summed E-state index contributed by atoms with van der Waals surface area (Å²) >= 11 is 0. The van der Waals surface area contributed by atoms with Gasteiger partial charge >= 0.3 is 0 Å². The van der Waals surface area contributed by atoms with Gasteiger partial charge in [-0.05, 0) is 24.1 Å². The minimum atomic E-state index is -0.0732. The average molecular weight is 291 g/mol. The van der Waals surface area contributed by atoms with Crippen molar-refractivity contribution in [2.45, 2.75) is 25.2 Å². The molecule has 114 valence electrons. The van der Waals surface area contributed by atoms with Crippen molar-refractivity contribution in [1.82, 2.24) is 5.32 Å². The van der Waals surface area contributed by atoms with Crippen molar-refractivity contribution in [3.63, 3.8) is 0 Å². The highest BCUT2D eigenvalue weighted by Gasteiger charge is 2.54. The maximum absolute atomic E-state index is 12.3. The predicted molar refractivity (Wildman–Crippen MR) is 76.8 cm³/mol. The fourth-order valence-corrected chi connectivity index (χ4v) is 3.43. The van der Waals surface area contributed by atoms with Crippen LogP contribution in [-0.2, 0) is 16.1 Å². The first kappa shape index (κ1) is 14.5. The molecular weight excluding hydrogens is 270 g/mol. The van der Waals surface area contributed by atoms with Gasteiger partial charge in [-0.3, -0.25) is 4.79 Å². The van der Waals surface area contributed by atoms with Crippen molar-refractivity contribution in [2.24, 2.45) is 11.8 Å². The van der Waals surface area contributed by atoms with E-state index in [4.69, 9.17) is 14.6 Å². The van der Waals surface area contributed by atoms with Crippen molar-refractivity contribution in [2.75, 3.05) is 20.3 Å². The Balaban J connectivity index is 1.65. The van der Waals surface area contributed by atoms with Gasteiger partial charge in [-0.2, -0.15) is 0 Å². The molecule has 1 saturated heterocycles. The first-order chi connectivity index (χ1) is 10.2. The van der Waals surface area contributed by atoms with Crippen LogP contribution < -0.4 is 5.32 Å². The largest absolute Gasteiger partial charge is 0.392 e. The van der Waals surface area contributed by atoms with Crippen LogP contribution in [0, 0.1) is 11.8 Å². The minimum Gasteiger partial charge on any atom is -0.392 e. The summed E-state index contributed by atoms with van der Waals surface area (Å²) in [4.78, 5) is 12.3. The summed E-state index contributed by atoms with van der Waals surface area (Å²) in [7, 11) is 1.68. The van der Waals surface area contributed by atoms with E-state index in [0.717, 1.165) is 18.6 Å². The lowest BCUT2D eigenvalue weighted by Crippen LogP contribution is -2.62. The Morgan fingerprint density at radius 2 is 2.19 bits per heavy atom. The molecule has 3 rings (SSSR count). The maximum Gasteiger partial charge on any atom is 0.251 e. The van der Waals surface area contributed by atoms with Gasteiger partial charge in [0, 0.05) is 37.2 Å². The molecule has 5 heteroatoms. The molecule has 4 atom stereocenters. The number of carbonyl (C=O) groups excluding carboxylic acids is 1. The lowest BCUT2D eigenvalue weighted by atomic mass is 9.67. The molecule has 21 heavy (non-hydrogen) atoms. The summed E-state index contributed by atoms with van der Waals surface area (Å²) in [6.45, 7) is 1.37. The van der Waals surface area contributed by atoms with E-state index in [1.54, 1.807) is 31.4 Å².